The Morgan fingerprint density at radius 3 is 2.63 bits per heavy atom. The monoisotopic (exact) mass is 267 g/mol. The maximum absolute atomic E-state index is 12.4. The van der Waals surface area contributed by atoms with Gasteiger partial charge < -0.3 is 10.2 Å². The van der Waals surface area contributed by atoms with Crippen LogP contribution in [-0.4, -0.2) is 47.3 Å². The van der Waals surface area contributed by atoms with Crippen molar-refractivity contribution in [3.05, 3.63) is 0 Å². The largest absolute Gasteiger partial charge is 0.329 e. The standard InChI is InChI=1S/C13H21N3O3/c1-8(2)14-9-4-3-7-16(13(9)19)10-5-6-11(17)15-12(10)18/h8-10,14H,3-7H2,1-2H3,(H,15,17,18). The minimum Gasteiger partial charge on any atom is -0.329 e. The predicted octanol–water partition coefficient (Wildman–Crippen LogP) is -0.219. The summed E-state index contributed by atoms with van der Waals surface area (Å²) in [6.07, 6.45) is 2.43. The number of nitrogens with zero attached hydrogens (tertiary/aromatic N) is 1. The Bertz CT molecular complexity index is 395. The molecule has 0 spiro atoms. The van der Waals surface area contributed by atoms with Crippen LogP contribution in [0.5, 0.6) is 0 Å². The number of piperidine rings is 2. The van der Waals surface area contributed by atoms with Crippen LogP contribution in [0.15, 0.2) is 0 Å². The van der Waals surface area contributed by atoms with Gasteiger partial charge in [-0.15, -0.1) is 0 Å². The first-order valence-electron chi connectivity index (χ1n) is 6.89. The fourth-order valence-electron chi connectivity index (χ4n) is 2.75. The third-order valence-corrected chi connectivity index (χ3v) is 3.59. The molecule has 3 amide bonds. The molecular formula is C13H21N3O3. The molecule has 2 aliphatic rings. The van der Waals surface area contributed by atoms with E-state index in [0.29, 0.717) is 19.4 Å². The van der Waals surface area contributed by atoms with Crippen LogP contribution >= 0.6 is 0 Å². The lowest BCUT2D eigenvalue weighted by atomic mass is 9.97. The first kappa shape index (κ1) is 14.0. The summed E-state index contributed by atoms with van der Waals surface area (Å²) in [5.41, 5.74) is 0. The Balaban J connectivity index is 2.05. The molecule has 2 fully saturated rings. The fraction of sp³-hybridized carbons (Fsp3) is 0.769. The van der Waals surface area contributed by atoms with Crippen molar-refractivity contribution in [2.24, 2.45) is 0 Å². The van der Waals surface area contributed by atoms with Gasteiger partial charge in [-0.2, -0.15) is 0 Å². The molecule has 0 aromatic rings. The molecule has 2 N–H and O–H groups in total. The molecule has 6 heteroatoms. The molecule has 0 aliphatic carbocycles. The van der Waals surface area contributed by atoms with Crippen LogP contribution in [0.3, 0.4) is 0 Å². The van der Waals surface area contributed by atoms with Gasteiger partial charge in [-0.05, 0) is 19.3 Å². The zero-order chi connectivity index (χ0) is 14.0. The molecular weight excluding hydrogens is 246 g/mol. The lowest BCUT2D eigenvalue weighted by molar-refractivity contribution is -0.148. The smallest absolute Gasteiger partial charge is 0.249 e. The lowest BCUT2D eigenvalue weighted by Crippen LogP contribution is -2.60. The van der Waals surface area contributed by atoms with Gasteiger partial charge in [-0.1, -0.05) is 13.8 Å². The predicted molar refractivity (Wildman–Crippen MR) is 69.2 cm³/mol. The number of nitrogens with one attached hydrogen (secondary N) is 2. The van der Waals surface area contributed by atoms with Crippen molar-refractivity contribution in [3.8, 4) is 0 Å². The van der Waals surface area contributed by atoms with E-state index in [-0.39, 0.29) is 29.8 Å². The third kappa shape index (κ3) is 3.12. The minimum atomic E-state index is -0.484. The average molecular weight is 267 g/mol. The molecule has 6 nitrogen and oxygen atoms in total. The highest BCUT2D eigenvalue weighted by atomic mass is 16.2. The second-order valence-corrected chi connectivity index (χ2v) is 5.51. The van der Waals surface area contributed by atoms with Crippen molar-refractivity contribution >= 4 is 17.7 Å². The number of hydrogen-bond acceptors (Lipinski definition) is 4. The second kappa shape index (κ2) is 5.69. The van der Waals surface area contributed by atoms with Crippen LogP contribution in [0.25, 0.3) is 0 Å². The van der Waals surface area contributed by atoms with E-state index in [1.54, 1.807) is 4.90 Å². The quantitative estimate of drug-likeness (QED) is 0.693. The molecule has 2 aliphatic heterocycles. The summed E-state index contributed by atoms with van der Waals surface area (Å²) in [5.74, 6) is -0.605. The molecule has 0 saturated carbocycles. The number of carbonyl (C=O) groups is 3. The topological polar surface area (TPSA) is 78.5 Å². The van der Waals surface area contributed by atoms with E-state index in [4.69, 9.17) is 0 Å². The number of amides is 3. The number of imide groups is 1. The normalized spacial score (nSPS) is 28.8. The Kier molecular flexibility index (Phi) is 4.19. The van der Waals surface area contributed by atoms with Crippen LogP contribution in [-0.2, 0) is 14.4 Å². The van der Waals surface area contributed by atoms with Gasteiger partial charge in [0, 0.05) is 19.0 Å². The lowest BCUT2D eigenvalue weighted by Gasteiger charge is -2.39. The number of hydrogen-bond donors (Lipinski definition) is 2. The van der Waals surface area contributed by atoms with E-state index in [1.165, 1.54) is 0 Å². The van der Waals surface area contributed by atoms with Gasteiger partial charge >= 0.3 is 0 Å². The van der Waals surface area contributed by atoms with Crippen molar-refractivity contribution in [2.45, 2.75) is 57.7 Å². The van der Waals surface area contributed by atoms with Gasteiger partial charge in [0.2, 0.25) is 17.7 Å². The molecule has 2 heterocycles. The van der Waals surface area contributed by atoms with E-state index in [0.717, 1.165) is 12.8 Å². The molecule has 0 aromatic carbocycles. The van der Waals surface area contributed by atoms with Crippen LogP contribution < -0.4 is 10.6 Å². The molecule has 0 aromatic heterocycles. The molecule has 2 saturated heterocycles. The van der Waals surface area contributed by atoms with Crippen molar-refractivity contribution < 1.29 is 14.4 Å². The Hall–Kier alpha value is -1.43. The van der Waals surface area contributed by atoms with Crippen LogP contribution in [0, 0.1) is 0 Å². The summed E-state index contributed by atoms with van der Waals surface area (Å²) in [6.45, 7) is 4.60. The van der Waals surface area contributed by atoms with E-state index in [2.05, 4.69) is 10.6 Å². The summed E-state index contributed by atoms with van der Waals surface area (Å²) < 4.78 is 0. The Morgan fingerprint density at radius 2 is 2.00 bits per heavy atom. The van der Waals surface area contributed by atoms with E-state index in [9.17, 15) is 14.4 Å². The molecule has 106 valence electrons. The maximum atomic E-state index is 12.4. The summed E-state index contributed by atoms with van der Waals surface area (Å²) in [5, 5.41) is 5.54. The number of carbonyl (C=O) groups excluding carboxylic acids is 3. The molecule has 2 atom stereocenters. The highest BCUT2D eigenvalue weighted by Crippen LogP contribution is 2.20. The van der Waals surface area contributed by atoms with Gasteiger partial charge in [0.25, 0.3) is 0 Å². The number of rotatable bonds is 3. The van der Waals surface area contributed by atoms with Gasteiger partial charge in [0.15, 0.2) is 0 Å². The summed E-state index contributed by atoms with van der Waals surface area (Å²) in [4.78, 5) is 37.0. The van der Waals surface area contributed by atoms with Crippen molar-refractivity contribution in [1.82, 2.24) is 15.5 Å². The van der Waals surface area contributed by atoms with Crippen molar-refractivity contribution in [3.63, 3.8) is 0 Å². The van der Waals surface area contributed by atoms with Crippen molar-refractivity contribution in [2.75, 3.05) is 6.54 Å². The molecule has 2 rings (SSSR count). The summed E-state index contributed by atoms with van der Waals surface area (Å²) in [6, 6.07) is -0.461. The average Bonchev–Trinajstić information content (AvgIpc) is 2.32. The van der Waals surface area contributed by atoms with E-state index < -0.39 is 6.04 Å². The highest BCUT2D eigenvalue weighted by molar-refractivity contribution is 6.02. The van der Waals surface area contributed by atoms with Crippen LogP contribution in [0.1, 0.15) is 39.5 Å². The van der Waals surface area contributed by atoms with E-state index >= 15 is 0 Å². The second-order valence-electron chi connectivity index (χ2n) is 5.51. The van der Waals surface area contributed by atoms with Gasteiger partial charge in [-0.25, -0.2) is 0 Å². The molecule has 0 radical (unpaired) electrons. The van der Waals surface area contributed by atoms with E-state index in [1.807, 2.05) is 13.8 Å². The van der Waals surface area contributed by atoms with Gasteiger partial charge in [0.05, 0.1) is 6.04 Å². The van der Waals surface area contributed by atoms with Gasteiger partial charge in [-0.3, -0.25) is 19.7 Å². The first-order valence-corrected chi connectivity index (χ1v) is 6.89. The van der Waals surface area contributed by atoms with Crippen molar-refractivity contribution in [1.29, 1.82) is 0 Å². The number of likely N-dealkylation sites (tertiary alicyclic amines) is 1. The van der Waals surface area contributed by atoms with Crippen LogP contribution in [0.4, 0.5) is 0 Å². The first-order chi connectivity index (χ1) is 8.99. The van der Waals surface area contributed by atoms with Gasteiger partial charge in [0.1, 0.15) is 6.04 Å². The zero-order valence-corrected chi connectivity index (χ0v) is 11.4. The SMILES string of the molecule is CC(C)NC1CCCN(C2CCC(=O)NC2=O)C1=O. The minimum absolute atomic E-state index is 0.0190. The third-order valence-electron chi connectivity index (χ3n) is 3.59. The Labute approximate surface area is 112 Å². The molecule has 0 bridgehead atoms. The van der Waals surface area contributed by atoms with Crippen LogP contribution in [0.2, 0.25) is 0 Å². The summed E-state index contributed by atoms with van der Waals surface area (Å²) in [7, 11) is 0. The molecule has 2 unspecified atom stereocenters. The Morgan fingerprint density at radius 1 is 1.26 bits per heavy atom. The fourth-order valence-corrected chi connectivity index (χ4v) is 2.75. The molecule has 19 heavy (non-hydrogen) atoms. The maximum Gasteiger partial charge on any atom is 0.249 e. The zero-order valence-electron chi connectivity index (χ0n) is 11.4. The highest BCUT2D eigenvalue weighted by Gasteiger charge is 2.38. The summed E-state index contributed by atoms with van der Waals surface area (Å²) >= 11 is 0.